The molecule has 0 aromatic carbocycles. The van der Waals surface area contributed by atoms with Gasteiger partial charge in [-0.15, -0.1) is 0 Å². The number of nitrogens with zero attached hydrogens (tertiary/aromatic N) is 3. The summed E-state index contributed by atoms with van der Waals surface area (Å²) in [5.74, 6) is 0. The van der Waals surface area contributed by atoms with Gasteiger partial charge in [0.05, 0.1) is 0 Å². The molecule has 0 spiro atoms. The van der Waals surface area contributed by atoms with Crippen molar-refractivity contribution in [2.75, 3.05) is 0 Å². The van der Waals surface area contributed by atoms with Crippen LogP contribution >= 0.6 is 0 Å². The van der Waals surface area contributed by atoms with Crippen LogP contribution in [0.3, 0.4) is 0 Å². The third-order valence-corrected chi connectivity index (χ3v) is 4.49. The molecule has 80 valence electrons. The molecule has 1 aliphatic heterocycles. The molecule has 2 unspecified atom stereocenters. The van der Waals surface area contributed by atoms with Gasteiger partial charge >= 0.3 is 0 Å². The molecule has 2 aromatic heterocycles. The number of fused-ring (bicyclic) bond motifs is 6. The van der Waals surface area contributed by atoms with E-state index >= 15 is 0 Å². The molecule has 2 aliphatic rings. The Kier molecular flexibility index (Phi) is 1.18. The van der Waals surface area contributed by atoms with Crippen molar-refractivity contribution in [3.8, 4) is 11.4 Å². The topological polar surface area (TPSA) is 21.7 Å². The van der Waals surface area contributed by atoms with Gasteiger partial charge in [0.25, 0.3) is 0 Å². The lowest BCUT2D eigenvalue weighted by Gasteiger charge is -2.23. The van der Waals surface area contributed by atoms with E-state index in [0.717, 1.165) is 6.42 Å². The maximum absolute atomic E-state index is 4.50. The second-order valence-corrected chi connectivity index (χ2v) is 5.31. The van der Waals surface area contributed by atoms with Crippen LogP contribution in [0.15, 0.2) is 36.7 Å². The molecule has 2 atom stereocenters. The van der Waals surface area contributed by atoms with Crippen LogP contribution in [0, 0.1) is 0 Å². The Balaban J connectivity index is 2.14. The maximum atomic E-state index is 4.50. The van der Waals surface area contributed by atoms with E-state index in [0.29, 0.717) is 0 Å². The molecule has 16 heavy (non-hydrogen) atoms. The van der Waals surface area contributed by atoms with Crippen LogP contribution in [0.2, 0.25) is 0 Å². The summed E-state index contributed by atoms with van der Waals surface area (Å²) in [4.78, 5) is 0. The van der Waals surface area contributed by atoms with Crippen molar-refractivity contribution in [1.29, 1.82) is 0 Å². The second kappa shape index (κ2) is 2.21. The van der Waals surface area contributed by atoms with Crippen LogP contribution in [-0.2, 0) is 11.1 Å². The fraction of sp³-hybridized carbons (Fsp3) is 0.385. The molecule has 3 heteroatoms. The molecule has 3 heterocycles. The first-order valence-corrected chi connectivity index (χ1v) is 5.73. The van der Waals surface area contributed by atoms with Gasteiger partial charge in [-0.2, -0.15) is 9.67 Å². The highest BCUT2D eigenvalue weighted by Crippen LogP contribution is 2.59. The number of hydrogen-bond donors (Lipinski definition) is 0. The van der Waals surface area contributed by atoms with Gasteiger partial charge < -0.3 is 0 Å². The molecule has 0 radical (unpaired) electrons. The lowest BCUT2D eigenvalue weighted by atomic mass is 10.1. The summed E-state index contributed by atoms with van der Waals surface area (Å²) >= 11 is 0. The van der Waals surface area contributed by atoms with Crippen LogP contribution in [-0.4, -0.2) is 9.78 Å². The second-order valence-electron chi connectivity index (χ2n) is 5.31. The van der Waals surface area contributed by atoms with E-state index in [1.807, 2.05) is 6.20 Å². The minimum atomic E-state index is 0.158. The SMILES string of the molecule is CC12CC1(C)[n+]1ccccc1-c1ccnn12. The summed E-state index contributed by atoms with van der Waals surface area (Å²) in [6.07, 6.45) is 5.26. The summed E-state index contributed by atoms with van der Waals surface area (Å²) in [6, 6.07) is 8.49. The first-order valence-electron chi connectivity index (χ1n) is 5.73. The highest BCUT2D eigenvalue weighted by molar-refractivity contribution is 5.53. The van der Waals surface area contributed by atoms with Crippen molar-refractivity contribution in [3.05, 3.63) is 36.7 Å². The summed E-state index contributed by atoms with van der Waals surface area (Å²) in [7, 11) is 0. The zero-order valence-electron chi connectivity index (χ0n) is 9.51. The molecule has 4 rings (SSSR count). The predicted molar refractivity (Wildman–Crippen MR) is 59.8 cm³/mol. The van der Waals surface area contributed by atoms with E-state index in [1.54, 1.807) is 0 Å². The molecule has 1 saturated carbocycles. The zero-order valence-corrected chi connectivity index (χ0v) is 9.51. The lowest BCUT2D eigenvalue weighted by Crippen LogP contribution is -2.54. The standard InChI is InChI=1S/C13H14N3/c1-12-9-13(12,2)16-11(6-7-14-16)10-5-3-4-8-15(10)12/h3-8H,9H2,1-2H3/q+1. The molecule has 3 nitrogen and oxygen atoms in total. The summed E-state index contributed by atoms with van der Waals surface area (Å²) in [5, 5.41) is 4.50. The minimum absolute atomic E-state index is 0.158. The molecule has 1 aliphatic carbocycles. The predicted octanol–water partition coefficient (Wildman–Crippen LogP) is 1.69. The fourth-order valence-corrected chi connectivity index (χ4v) is 3.25. The van der Waals surface area contributed by atoms with Crippen molar-refractivity contribution in [1.82, 2.24) is 9.78 Å². The first kappa shape index (κ1) is 8.50. The Morgan fingerprint density at radius 2 is 2.19 bits per heavy atom. The molecule has 0 amide bonds. The van der Waals surface area contributed by atoms with Gasteiger partial charge in [-0.3, -0.25) is 0 Å². The zero-order chi connectivity index (χ0) is 11.0. The fourth-order valence-electron chi connectivity index (χ4n) is 3.25. The average molecular weight is 212 g/mol. The van der Waals surface area contributed by atoms with E-state index in [4.69, 9.17) is 0 Å². The number of pyridine rings is 1. The van der Waals surface area contributed by atoms with Crippen molar-refractivity contribution in [2.24, 2.45) is 0 Å². The number of aromatic nitrogens is 3. The lowest BCUT2D eigenvalue weighted by molar-refractivity contribution is -0.734. The summed E-state index contributed by atoms with van der Waals surface area (Å²) < 4.78 is 4.60. The van der Waals surface area contributed by atoms with Crippen LogP contribution in [0.1, 0.15) is 20.3 Å². The van der Waals surface area contributed by atoms with Gasteiger partial charge in [-0.1, -0.05) is 0 Å². The van der Waals surface area contributed by atoms with Crippen molar-refractivity contribution in [2.45, 2.75) is 31.3 Å². The molecule has 1 fully saturated rings. The Morgan fingerprint density at radius 1 is 1.31 bits per heavy atom. The molecule has 0 saturated heterocycles. The van der Waals surface area contributed by atoms with E-state index in [9.17, 15) is 0 Å². The molecule has 0 N–H and O–H groups in total. The molecule has 2 aromatic rings. The van der Waals surface area contributed by atoms with Crippen molar-refractivity contribution >= 4 is 0 Å². The smallest absolute Gasteiger partial charge is 0.231 e. The normalized spacial score (nSPS) is 33.9. The van der Waals surface area contributed by atoms with E-state index < -0.39 is 0 Å². The van der Waals surface area contributed by atoms with Gasteiger partial charge in [0.2, 0.25) is 5.69 Å². The summed E-state index contributed by atoms with van der Waals surface area (Å²) in [5.41, 5.74) is 2.86. The van der Waals surface area contributed by atoms with Crippen molar-refractivity contribution in [3.63, 3.8) is 0 Å². The quantitative estimate of drug-likeness (QED) is 0.609. The molecular weight excluding hydrogens is 198 g/mol. The van der Waals surface area contributed by atoms with Crippen LogP contribution in [0.5, 0.6) is 0 Å². The van der Waals surface area contributed by atoms with Crippen LogP contribution in [0.4, 0.5) is 0 Å². The van der Waals surface area contributed by atoms with Gasteiger partial charge in [0, 0.05) is 31.7 Å². The van der Waals surface area contributed by atoms with Crippen LogP contribution in [0.25, 0.3) is 11.4 Å². The largest absolute Gasteiger partial charge is 0.246 e. The Labute approximate surface area is 94.3 Å². The third kappa shape index (κ3) is 0.682. The van der Waals surface area contributed by atoms with Gasteiger partial charge in [0.1, 0.15) is 11.2 Å². The highest BCUT2D eigenvalue weighted by Gasteiger charge is 2.74. The van der Waals surface area contributed by atoms with Gasteiger partial charge in [-0.05, 0) is 19.1 Å². The number of hydrogen-bond acceptors (Lipinski definition) is 1. The average Bonchev–Trinajstić information content (AvgIpc) is 2.69. The Morgan fingerprint density at radius 3 is 3.06 bits per heavy atom. The van der Waals surface area contributed by atoms with E-state index in [1.165, 1.54) is 11.4 Å². The minimum Gasteiger partial charge on any atom is -0.246 e. The van der Waals surface area contributed by atoms with Crippen LogP contribution < -0.4 is 4.57 Å². The molecule has 0 bridgehead atoms. The van der Waals surface area contributed by atoms with Gasteiger partial charge in [0.15, 0.2) is 11.7 Å². The Hall–Kier alpha value is -1.64. The van der Waals surface area contributed by atoms with Gasteiger partial charge in [-0.25, -0.2) is 4.68 Å². The Bertz CT molecular complexity index is 601. The summed E-state index contributed by atoms with van der Waals surface area (Å²) in [6.45, 7) is 4.62. The van der Waals surface area contributed by atoms with E-state index in [2.05, 4.69) is 58.7 Å². The highest BCUT2D eigenvalue weighted by atomic mass is 15.4. The first-order chi connectivity index (χ1) is 7.67. The monoisotopic (exact) mass is 212 g/mol. The maximum Gasteiger partial charge on any atom is 0.231 e. The van der Waals surface area contributed by atoms with Crippen molar-refractivity contribution < 1.29 is 4.57 Å². The third-order valence-electron chi connectivity index (χ3n) is 4.49. The van der Waals surface area contributed by atoms with E-state index in [-0.39, 0.29) is 11.1 Å². The molecular formula is C13H14N3+. The number of rotatable bonds is 0.